The van der Waals surface area contributed by atoms with E-state index in [1.165, 1.54) is 24.8 Å². The summed E-state index contributed by atoms with van der Waals surface area (Å²) in [6.45, 7) is 1.76. The third-order valence-corrected chi connectivity index (χ3v) is 5.58. The van der Waals surface area contributed by atoms with Crippen molar-refractivity contribution in [2.24, 2.45) is 0 Å². The van der Waals surface area contributed by atoms with E-state index in [1.54, 1.807) is 16.7 Å². The summed E-state index contributed by atoms with van der Waals surface area (Å²) in [6, 6.07) is 14.1. The SMILES string of the molecule is O=c1ccccn1CCCCN[C@@H]1CC2(CCC2)Oc2ccccc21. The minimum absolute atomic E-state index is 0.0728. The molecular formula is C21H26N2O2. The van der Waals surface area contributed by atoms with Crippen molar-refractivity contribution in [2.75, 3.05) is 6.54 Å². The average Bonchev–Trinajstić information content (AvgIpc) is 2.61. The molecular weight excluding hydrogens is 312 g/mol. The van der Waals surface area contributed by atoms with E-state index < -0.39 is 0 Å². The molecule has 1 atom stereocenters. The molecule has 1 spiro atoms. The molecule has 0 amide bonds. The van der Waals surface area contributed by atoms with Crippen LogP contribution in [0.25, 0.3) is 0 Å². The zero-order valence-corrected chi connectivity index (χ0v) is 14.6. The summed E-state index contributed by atoms with van der Waals surface area (Å²) in [5.74, 6) is 1.06. The Morgan fingerprint density at radius 2 is 1.96 bits per heavy atom. The molecule has 2 aliphatic rings. The summed E-state index contributed by atoms with van der Waals surface area (Å²) in [5, 5.41) is 3.73. The zero-order valence-electron chi connectivity index (χ0n) is 14.6. The highest BCUT2D eigenvalue weighted by atomic mass is 16.5. The highest BCUT2D eigenvalue weighted by molar-refractivity contribution is 5.39. The minimum Gasteiger partial charge on any atom is -0.487 e. The first-order chi connectivity index (χ1) is 12.3. The number of benzene rings is 1. The minimum atomic E-state index is 0.0728. The third-order valence-electron chi connectivity index (χ3n) is 5.58. The van der Waals surface area contributed by atoms with Crippen LogP contribution in [0.15, 0.2) is 53.5 Å². The van der Waals surface area contributed by atoms with Gasteiger partial charge in [0, 0.05) is 36.8 Å². The van der Waals surface area contributed by atoms with Crippen LogP contribution >= 0.6 is 0 Å². The molecule has 1 aliphatic heterocycles. The number of rotatable bonds is 6. The van der Waals surface area contributed by atoms with Crippen LogP contribution in [-0.2, 0) is 6.54 Å². The van der Waals surface area contributed by atoms with Crippen LogP contribution in [0.2, 0.25) is 0 Å². The van der Waals surface area contributed by atoms with Crippen LogP contribution in [0, 0.1) is 0 Å². The summed E-state index contributed by atoms with van der Waals surface area (Å²) in [5.41, 5.74) is 1.45. The Hall–Kier alpha value is -2.07. The fourth-order valence-electron chi connectivity index (χ4n) is 4.01. The van der Waals surface area contributed by atoms with E-state index in [-0.39, 0.29) is 11.2 Å². The number of ether oxygens (including phenoxy) is 1. The zero-order chi connectivity index (χ0) is 17.1. The van der Waals surface area contributed by atoms with Gasteiger partial charge in [0.15, 0.2) is 0 Å². The van der Waals surface area contributed by atoms with Crippen molar-refractivity contribution >= 4 is 0 Å². The van der Waals surface area contributed by atoms with Gasteiger partial charge < -0.3 is 14.6 Å². The van der Waals surface area contributed by atoms with E-state index in [1.807, 2.05) is 12.3 Å². The number of aromatic nitrogens is 1. The van der Waals surface area contributed by atoms with Gasteiger partial charge in [0.2, 0.25) is 5.56 Å². The maximum Gasteiger partial charge on any atom is 0.250 e. The van der Waals surface area contributed by atoms with Crippen LogP contribution in [-0.4, -0.2) is 16.7 Å². The number of nitrogens with zero attached hydrogens (tertiary/aromatic N) is 1. The average molecular weight is 338 g/mol. The first-order valence-corrected chi connectivity index (χ1v) is 9.43. The fourth-order valence-corrected chi connectivity index (χ4v) is 4.01. The van der Waals surface area contributed by atoms with Gasteiger partial charge >= 0.3 is 0 Å². The van der Waals surface area contributed by atoms with Gasteiger partial charge in [-0.1, -0.05) is 24.3 Å². The van der Waals surface area contributed by atoms with Gasteiger partial charge in [-0.25, -0.2) is 0 Å². The molecule has 25 heavy (non-hydrogen) atoms. The number of pyridine rings is 1. The normalized spacial score (nSPS) is 20.6. The molecule has 132 valence electrons. The predicted molar refractivity (Wildman–Crippen MR) is 98.9 cm³/mol. The van der Waals surface area contributed by atoms with Crippen molar-refractivity contribution in [3.63, 3.8) is 0 Å². The molecule has 1 fully saturated rings. The van der Waals surface area contributed by atoms with Crippen molar-refractivity contribution in [3.8, 4) is 5.75 Å². The Morgan fingerprint density at radius 1 is 1.12 bits per heavy atom. The topological polar surface area (TPSA) is 43.3 Å². The number of aryl methyl sites for hydroxylation is 1. The quantitative estimate of drug-likeness (QED) is 0.818. The number of fused-ring (bicyclic) bond motifs is 1. The lowest BCUT2D eigenvalue weighted by atomic mass is 9.73. The van der Waals surface area contributed by atoms with Crippen molar-refractivity contribution in [1.29, 1.82) is 0 Å². The van der Waals surface area contributed by atoms with E-state index in [0.717, 1.165) is 38.1 Å². The number of hydrogen-bond acceptors (Lipinski definition) is 3. The van der Waals surface area contributed by atoms with Gasteiger partial charge in [-0.15, -0.1) is 0 Å². The molecule has 2 heterocycles. The molecule has 4 nitrogen and oxygen atoms in total. The van der Waals surface area contributed by atoms with Crippen molar-refractivity contribution in [1.82, 2.24) is 9.88 Å². The van der Waals surface area contributed by atoms with Crippen molar-refractivity contribution in [2.45, 2.75) is 56.7 Å². The molecule has 1 aromatic carbocycles. The van der Waals surface area contributed by atoms with Gasteiger partial charge in [0.25, 0.3) is 0 Å². The molecule has 4 rings (SSSR count). The first-order valence-electron chi connectivity index (χ1n) is 9.43. The Morgan fingerprint density at radius 3 is 2.76 bits per heavy atom. The highest BCUT2D eigenvalue weighted by Crippen LogP contribution is 2.48. The summed E-state index contributed by atoms with van der Waals surface area (Å²) in [4.78, 5) is 11.7. The van der Waals surface area contributed by atoms with Crippen molar-refractivity contribution in [3.05, 3.63) is 64.6 Å². The van der Waals surface area contributed by atoms with Crippen molar-refractivity contribution < 1.29 is 4.74 Å². The Balaban J connectivity index is 1.32. The molecule has 0 radical (unpaired) electrons. The molecule has 0 bridgehead atoms. The van der Waals surface area contributed by atoms with Crippen LogP contribution < -0.4 is 15.6 Å². The third kappa shape index (κ3) is 3.49. The molecule has 2 aromatic rings. The molecule has 0 unspecified atom stereocenters. The van der Waals surface area contributed by atoms with Crippen LogP contribution in [0.3, 0.4) is 0 Å². The lowest BCUT2D eigenvalue weighted by Gasteiger charge is -2.48. The van der Waals surface area contributed by atoms with E-state index in [2.05, 4.69) is 29.6 Å². The number of unbranched alkanes of at least 4 members (excludes halogenated alkanes) is 1. The molecule has 1 aromatic heterocycles. The van der Waals surface area contributed by atoms with Crippen LogP contribution in [0.4, 0.5) is 0 Å². The highest BCUT2D eigenvalue weighted by Gasteiger charge is 2.45. The Kier molecular flexibility index (Phi) is 4.62. The second kappa shape index (κ2) is 7.04. The molecule has 0 saturated heterocycles. The summed E-state index contributed by atoms with van der Waals surface area (Å²) in [6.07, 6.45) is 8.64. The maximum absolute atomic E-state index is 11.7. The van der Waals surface area contributed by atoms with Crippen LogP contribution in [0.5, 0.6) is 5.75 Å². The van der Waals surface area contributed by atoms with E-state index >= 15 is 0 Å². The van der Waals surface area contributed by atoms with Gasteiger partial charge in [-0.2, -0.15) is 0 Å². The fraction of sp³-hybridized carbons (Fsp3) is 0.476. The summed E-state index contributed by atoms with van der Waals surface area (Å²) < 4.78 is 8.09. The number of nitrogens with one attached hydrogen (secondary N) is 1. The molecule has 1 N–H and O–H groups in total. The summed E-state index contributed by atoms with van der Waals surface area (Å²) >= 11 is 0. The lowest BCUT2D eigenvalue weighted by Crippen LogP contribution is -2.49. The Bertz CT molecular complexity index is 779. The summed E-state index contributed by atoms with van der Waals surface area (Å²) in [7, 11) is 0. The maximum atomic E-state index is 11.7. The first kappa shape index (κ1) is 16.4. The predicted octanol–water partition coefficient (Wildman–Crippen LogP) is 3.66. The standard InChI is InChI=1S/C21H26N2O2/c24-20-10-3-5-14-23(20)15-6-4-13-22-18-16-21(11-7-12-21)25-19-9-2-1-8-17(18)19/h1-3,5,8-10,14,18,22H,4,6-7,11-13,15-16H2/t18-/m1/s1. The molecule has 1 aliphatic carbocycles. The second-order valence-corrected chi connectivity index (χ2v) is 7.33. The van der Waals surface area contributed by atoms with Crippen LogP contribution in [0.1, 0.15) is 50.1 Å². The van der Waals surface area contributed by atoms with E-state index in [9.17, 15) is 4.79 Å². The van der Waals surface area contributed by atoms with Gasteiger partial charge in [-0.05, 0) is 50.8 Å². The monoisotopic (exact) mass is 338 g/mol. The molecule has 1 saturated carbocycles. The van der Waals surface area contributed by atoms with Gasteiger partial charge in [-0.3, -0.25) is 4.79 Å². The Labute approximate surface area is 148 Å². The number of para-hydroxylation sites is 1. The smallest absolute Gasteiger partial charge is 0.250 e. The van der Waals surface area contributed by atoms with E-state index in [4.69, 9.17) is 4.74 Å². The largest absolute Gasteiger partial charge is 0.487 e. The lowest BCUT2D eigenvalue weighted by molar-refractivity contribution is -0.0368. The molecule has 4 heteroatoms. The van der Waals surface area contributed by atoms with Gasteiger partial charge in [0.05, 0.1) is 0 Å². The van der Waals surface area contributed by atoms with E-state index in [0.29, 0.717) is 6.04 Å². The number of hydrogen-bond donors (Lipinski definition) is 1. The second-order valence-electron chi connectivity index (χ2n) is 7.33. The van der Waals surface area contributed by atoms with Gasteiger partial charge in [0.1, 0.15) is 11.4 Å².